The number of anilines is 1. The van der Waals surface area contributed by atoms with Crippen LogP contribution in [-0.2, 0) is 4.79 Å². The minimum Gasteiger partial charge on any atom is -0.396 e. The van der Waals surface area contributed by atoms with Gasteiger partial charge in [-0.3, -0.25) is 9.59 Å². The average molecular weight is 346 g/mol. The molecule has 2 amide bonds. The van der Waals surface area contributed by atoms with Gasteiger partial charge in [0.2, 0.25) is 5.91 Å². The van der Waals surface area contributed by atoms with Crippen LogP contribution >= 0.6 is 15.9 Å². The van der Waals surface area contributed by atoms with Crippen molar-refractivity contribution < 1.29 is 14.0 Å². The van der Waals surface area contributed by atoms with E-state index in [0.717, 1.165) is 6.07 Å². The zero-order chi connectivity index (χ0) is 15.4. The van der Waals surface area contributed by atoms with Crippen molar-refractivity contribution in [2.24, 2.45) is 11.7 Å². The first-order chi connectivity index (χ1) is 9.22. The van der Waals surface area contributed by atoms with E-state index in [-0.39, 0.29) is 28.2 Å². The van der Waals surface area contributed by atoms with E-state index in [1.807, 2.05) is 13.8 Å². The number of primary amides is 1. The highest BCUT2D eigenvalue weighted by atomic mass is 79.9. The number of benzene rings is 1. The van der Waals surface area contributed by atoms with Gasteiger partial charge in [0.15, 0.2) is 0 Å². The molecule has 0 aliphatic rings. The van der Waals surface area contributed by atoms with Gasteiger partial charge in [-0.25, -0.2) is 4.39 Å². The fraction of sp³-hybridized carbons (Fsp3) is 0.385. The summed E-state index contributed by atoms with van der Waals surface area (Å²) in [5, 5.41) is 0. The predicted molar refractivity (Wildman–Crippen MR) is 78.4 cm³/mol. The number of halogens is 2. The smallest absolute Gasteiger partial charge is 0.255 e. The number of rotatable bonds is 5. The Labute approximate surface area is 125 Å². The Morgan fingerprint density at radius 2 is 2.00 bits per heavy atom. The van der Waals surface area contributed by atoms with Crippen molar-refractivity contribution in [1.82, 2.24) is 4.90 Å². The molecule has 0 aliphatic carbocycles. The molecule has 4 N–H and O–H groups in total. The van der Waals surface area contributed by atoms with Gasteiger partial charge >= 0.3 is 0 Å². The number of carbonyl (C=O) groups is 2. The molecule has 0 saturated carbocycles. The number of nitrogen functional groups attached to an aromatic ring is 1. The van der Waals surface area contributed by atoms with Crippen LogP contribution in [0.3, 0.4) is 0 Å². The molecule has 0 fully saturated rings. The number of nitrogens with zero attached hydrogens (tertiary/aromatic N) is 1. The Morgan fingerprint density at radius 1 is 1.40 bits per heavy atom. The Balaban J connectivity index is 3.11. The first-order valence-electron chi connectivity index (χ1n) is 6.04. The maximum atomic E-state index is 13.3. The van der Waals surface area contributed by atoms with E-state index in [1.165, 1.54) is 11.0 Å². The quantitative estimate of drug-likeness (QED) is 0.796. The number of hydrogen-bond donors (Lipinski definition) is 2. The summed E-state index contributed by atoms with van der Waals surface area (Å²) >= 11 is 3.12. The van der Waals surface area contributed by atoms with Crippen LogP contribution in [0, 0.1) is 11.7 Å². The molecule has 20 heavy (non-hydrogen) atoms. The van der Waals surface area contributed by atoms with Crippen LogP contribution in [0.5, 0.6) is 0 Å². The third-order valence-electron chi connectivity index (χ3n) is 2.54. The third kappa shape index (κ3) is 4.19. The molecule has 0 saturated heterocycles. The zero-order valence-corrected chi connectivity index (χ0v) is 12.9. The molecule has 0 radical (unpaired) electrons. The summed E-state index contributed by atoms with van der Waals surface area (Å²) in [5.41, 5.74) is 10.7. The maximum absolute atomic E-state index is 13.3. The van der Waals surface area contributed by atoms with Crippen LogP contribution in [0.1, 0.15) is 24.2 Å². The van der Waals surface area contributed by atoms with Crippen LogP contribution < -0.4 is 11.5 Å². The summed E-state index contributed by atoms with van der Waals surface area (Å²) in [4.78, 5) is 24.8. The lowest BCUT2D eigenvalue weighted by Gasteiger charge is -2.24. The van der Waals surface area contributed by atoms with E-state index in [2.05, 4.69) is 15.9 Å². The maximum Gasteiger partial charge on any atom is 0.255 e. The van der Waals surface area contributed by atoms with Gasteiger partial charge in [0.25, 0.3) is 5.91 Å². The number of hydrogen-bond acceptors (Lipinski definition) is 3. The normalized spacial score (nSPS) is 10.7. The second kappa shape index (κ2) is 6.69. The highest BCUT2D eigenvalue weighted by molar-refractivity contribution is 9.10. The second-order valence-corrected chi connectivity index (χ2v) is 5.75. The molecule has 0 atom stereocenters. The van der Waals surface area contributed by atoms with Crippen LogP contribution in [-0.4, -0.2) is 29.8 Å². The highest BCUT2D eigenvalue weighted by Gasteiger charge is 2.22. The summed E-state index contributed by atoms with van der Waals surface area (Å²) in [6, 6.07) is 2.37. The van der Waals surface area contributed by atoms with E-state index in [9.17, 15) is 14.0 Å². The van der Waals surface area contributed by atoms with Gasteiger partial charge in [0.05, 0.1) is 17.8 Å². The van der Waals surface area contributed by atoms with E-state index < -0.39 is 17.6 Å². The molecule has 0 unspecified atom stereocenters. The third-order valence-corrected chi connectivity index (χ3v) is 3.19. The molecule has 0 spiro atoms. The van der Waals surface area contributed by atoms with Crippen LogP contribution in [0.4, 0.5) is 10.1 Å². The first kappa shape index (κ1) is 16.4. The van der Waals surface area contributed by atoms with E-state index >= 15 is 0 Å². The van der Waals surface area contributed by atoms with Crippen LogP contribution in [0.2, 0.25) is 0 Å². The van der Waals surface area contributed by atoms with Crippen molar-refractivity contribution in [3.63, 3.8) is 0 Å². The molecular formula is C13H17BrFN3O2. The monoisotopic (exact) mass is 345 g/mol. The molecule has 0 aromatic heterocycles. The second-order valence-electron chi connectivity index (χ2n) is 4.90. The Kier molecular flexibility index (Phi) is 5.50. The van der Waals surface area contributed by atoms with Gasteiger partial charge in [0, 0.05) is 11.0 Å². The minimum atomic E-state index is -0.612. The van der Waals surface area contributed by atoms with Crippen molar-refractivity contribution in [1.29, 1.82) is 0 Å². The lowest BCUT2D eigenvalue weighted by atomic mass is 10.1. The van der Waals surface area contributed by atoms with Gasteiger partial charge < -0.3 is 16.4 Å². The first-order valence-corrected chi connectivity index (χ1v) is 6.83. The van der Waals surface area contributed by atoms with Crippen molar-refractivity contribution in [2.75, 3.05) is 18.8 Å². The fourth-order valence-corrected chi connectivity index (χ4v) is 2.23. The molecule has 0 heterocycles. The lowest BCUT2D eigenvalue weighted by Crippen LogP contribution is -2.40. The molecule has 5 nitrogen and oxygen atoms in total. The Bertz CT molecular complexity index is 535. The van der Waals surface area contributed by atoms with Crippen molar-refractivity contribution in [3.8, 4) is 0 Å². The molecular weight excluding hydrogens is 329 g/mol. The molecule has 1 aromatic rings. The molecule has 0 aliphatic heterocycles. The van der Waals surface area contributed by atoms with Crippen LogP contribution in [0.25, 0.3) is 0 Å². The summed E-state index contributed by atoms with van der Waals surface area (Å²) in [6.07, 6.45) is 0. The van der Waals surface area contributed by atoms with Gasteiger partial charge in [-0.05, 0) is 34.0 Å². The van der Waals surface area contributed by atoms with E-state index in [4.69, 9.17) is 11.5 Å². The van der Waals surface area contributed by atoms with Crippen molar-refractivity contribution in [3.05, 3.63) is 28.0 Å². The number of amides is 2. The highest BCUT2D eigenvalue weighted by Crippen LogP contribution is 2.24. The standard InChI is InChI=1S/C13H17BrFN3O2/c1-7(2)5-18(6-12(17)19)13(20)8-3-11(16)10(15)4-9(8)14/h3-4,7H,5-6,16H2,1-2H3,(H2,17,19). The van der Waals surface area contributed by atoms with Gasteiger partial charge in [-0.2, -0.15) is 0 Å². The molecule has 0 bridgehead atoms. The number of carbonyl (C=O) groups excluding carboxylic acids is 2. The van der Waals surface area contributed by atoms with Gasteiger partial charge in [0.1, 0.15) is 5.82 Å². The summed E-state index contributed by atoms with van der Waals surface area (Å²) < 4.78 is 13.6. The van der Waals surface area contributed by atoms with Crippen molar-refractivity contribution >= 4 is 33.4 Å². The largest absolute Gasteiger partial charge is 0.396 e. The van der Waals surface area contributed by atoms with E-state index in [1.54, 1.807) is 0 Å². The Morgan fingerprint density at radius 3 is 2.50 bits per heavy atom. The topological polar surface area (TPSA) is 89.4 Å². The fourth-order valence-electron chi connectivity index (χ4n) is 1.75. The average Bonchev–Trinajstić information content (AvgIpc) is 2.31. The molecule has 7 heteroatoms. The zero-order valence-electron chi connectivity index (χ0n) is 11.3. The molecule has 110 valence electrons. The predicted octanol–water partition coefficient (Wildman–Crippen LogP) is 1.75. The summed E-state index contributed by atoms with van der Waals surface area (Å²) in [6.45, 7) is 4.00. The van der Waals surface area contributed by atoms with Gasteiger partial charge in [-0.15, -0.1) is 0 Å². The van der Waals surface area contributed by atoms with Crippen molar-refractivity contribution in [2.45, 2.75) is 13.8 Å². The van der Waals surface area contributed by atoms with E-state index in [0.29, 0.717) is 6.54 Å². The summed E-state index contributed by atoms with van der Waals surface area (Å²) in [7, 11) is 0. The molecule has 1 aromatic carbocycles. The summed E-state index contributed by atoms with van der Waals surface area (Å²) in [5.74, 6) is -1.48. The van der Waals surface area contributed by atoms with Gasteiger partial charge in [-0.1, -0.05) is 13.8 Å². The Hall–Kier alpha value is -1.63. The SMILES string of the molecule is CC(C)CN(CC(N)=O)C(=O)c1cc(N)c(F)cc1Br. The molecule has 1 rings (SSSR count). The number of nitrogens with two attached hydrogens (primary N) is 2. The van der Waals surface area contributed by atoms with Crippen LogP contribution in [0.15, 0.2) is 16.6 Å². The minimum absolute atomic E-state index is 0.125. The lowest BCUT2D eigenvalue weighted by molar-refractivity contribution is -0.118.